The summed E-state index contributed by atoms with van der Waals surface area (Å²) in [5.74, 6) is -0.383. The van der Waals surface area contributed by atoms with Crippen LogP contribution in [0.3, 0.4) is 0 Å². The van der Waals surface area contributed by atoms with Crippen LogP contribution in [0.4, 0.5) is 15.8 Å². The number of hydrogen-bond donors (Lipinski definition) is 3. The predicted octanol–water partition coefficient (Wildman–Crippen LogP) is 2.39. The molecule has 4 N–H and O–H groups in total. The highest BCUT2D eigenvalue weighted by molar-refractivity contribution is 5.66. The first-order valence-corrected chi connectivity index (χ1v) is 5.17. The van der Waals surface area contributed by atoms with Crippen molar-refractivity contribution in [1.29, 1.82) is 0 Å². The van der Waals surface area contributed by atoms with Gasteiger partial charge in [-0.15, -0.1) is 0 Å². The molecule has 0 aliphatic carbocycles. The quantitative estimate of drug-likeness (QED) is 0.691. The largest absolute Gasteiger partial charge is 0.395 e. The van der Waals surface area contributed by atoms with Gasteiger partial charge in [0.15, 0.2) is 0 Å². The van der Waals surface area contributed by atoms with Crippen molar-refractivity contribution >= 4 is 11.4 Å². The molecule has 84 valence electrons. The third-order valence-electron chi connectivity index (χ3n) is 2.44. The fraction of sp³-hybridized carbons (Fsp3) is 0.167. The van der Waals surface area contributed by atoms with E-state index >= 15 is 0 Å². The number of aromatic nitrogens is 1. The van der Waals surface area contributed by atoms with Gasteiger partial charge in [0.2, 0.25) is 0 Å². The van der Waals surface area contributed by atoms with Crippen molar-refractivity contribution in [3.8, 4) is 0 Å². The first kappa shape index (κ1) is 10.5. The predicted molar refractivity (Wildman–Crippen MR) is 63.8 cm³/mol. The van der Waals surface area contributed by atoms with E-state index in [1.54, 1.807) is 12.1 Å². The molecule has 1 aromatic carbocycles. The third kappa shape index (κ3) is 2.34. The number of halogens is 1. The average molecular weight is 219 g/mol. The van der Waals surface area contributed by atoms with E-state index in [1.165, 1.54) is 11.6 Å². The highest BCUT2D eigenvalue weighted by Crippen LogP contribution is 2.20. The van der Waals surface area contributed by atoms with Crippen molar-refractivity contribution in [1.82, 2.24) is 4.98 Å². The van der Waals surface area contributed by atoms with E-state index < -0.39 is 0 Å². The zero-order valence-electron chi connectivity index (χ0n) is 8.83. The van der Waals surface area contributed by atoms with Crippen molar-refractivity contribution in [3.63, 3.8) is 0 Å². The number of nitrogens with one attached hydrogen (secondary N) is 2. The van der Waals surface area contributed by atoms with Crippen LogP contribution in [0.1, 0.15) is 5.56 Å². The molecule has 0 atom stereocenters. The number of aromatic amines is 1. The van der Waals surface area contributed by atoms with Crippen LogP contribution < -0.4 is 11.1 Å². The Bertz CT molecular complexity index is 451. The lowest BCUT2D eigenvalue weighted by Crippen LogP contribution is -2.07. The van der Waals surface area contributed by atoms with Gasteiger partial charge in [0.25, 0.3) is 0 Å². The van der Waals surface area contributed by atoms with Gasteiger partial charge in [0.05, 0.1) is 11.4 Å². The lowest BCUT2D eigenvalue weighted by molar-refractivity contribution is 0.633. The minimum Gasteiger partial charge on any atom is -0.395 e. The summed E-state index contributed by atoms with van der Waals surface area (Å²) in [6, 6.07) is 6.78. The van der Waals surface area contributed by atoms with Crippen molar-refractivity contribution in [2.75, 3.05) is 17.6 Å². The molecule has 2 rings (SSSR count). The number of nitrogens with two attached hydrogens (primary N) is 1. The van der Waals surface area contributed by atoms with Gasteiger partial charge in [-0.1, -0.05) is 6.07 Å². The van der Waals surface area contributed by atoms with Crippen LogP contribution in [0.5, 0.6) is 0 Å². The van der Waals surface area contributed by atoms with Gasteiger partial charge in [-0.25, -0.2) is 4.39 Å². The third-order valence-corrected chi connectivity index (χ3v) is 2.44. The number of benzene rings is 1. The van der Waals surface area contributed by atoms with Gasteiger partial charge in [0.1, 0.15) is 5.82 Å². The topological polar surface area (TPSA) is 53.8 Å². The van der Waals surface area contributed by atoms with E-state index in [1.807, 2.05) is 18.5 Å². The van der Waals surface area contributed by atoms with Crippen LogP contribution in [-0.2, 0) is 6.42 Å². The number of nitrogen functional groups attached to an aromatic ring is 1. The Kier molecular flexibility index (Phi) is 3.10. The molecule has 0 radical (unpaired) electrons. The molecule has 0 amide bonds. The van der Waals surface area contributed by atoms with Gasteiger partial charge in [0, 0.05) is 18.9 Å². The summed E-state index contributed by atoms with van der Waals surface area (Å²) in [5.41, 5.74) is 7.64. The molecule has 2 aromatic rings. The zero-order valence-corrected chi connectivity index (χ0v) is 8.83. The fourth-order valence-corrected chi connectivity index (χ4v) is 1.55. The highest BCUT2D eigenvalue weighted by Gasteiger charge is 2.03. The number of anilines is 2. The van der Waals surface area contributed by atoms with Gasteiger partial charge < -0.3 is 16.0 Å². The fourth-order valence-electron chi connectivity index (χ4n) is 1.55. The second-order valence-electron chi connectivity index (χ2n) is 3.60. The molecular weight excluding hydrogens is 205 g/mol. The Balaban J connectivity index is 1.92. The lowest BCUT2D eigenvalue weighted by Gasteiger charge is -2.08. The van der Waals surface area contributed by atoms with Gasteiger partial charge in [-0.2, -0.15) is 0 Å². The maximum absolute atomic E-state index is 13.1. The molecule has 0 bridgehead atoms. The zero-order chi connectivity index (χ0) is 11.4. The van der Waals surface area contributed by atoms with Crippen LogP contribution in [0.25, 0.3) is 0 Å². The van der Waals surface area contributed by atoms with E-state index in [-0.39, 0.29) is 11.5 Å². The van der Waals surface area contributed by atoms with Crippen LogP contribution in [0.15, 0.2) is 36.7 Å². The SMILES string of the molecule is Nc1c(F)cccc1NCCc1cc[nH]c1. The molecule has 0 saturated heterocycles. The number of hydrogen-bond acceptors (Lipinski definition) is 2. The summed E-state index contributed by atoms with van der Waals surface area (Å²) in [5, 5.41) is 3.11. The van der Waals surface area contributed by atoms with E-state index in [0.29, 0.717) is 5.69 Å². The van der Waals surface area contributed by atoms with Gasteiger partial charge in [-0.05, 0) is 30.2 Å². The Labute approximate surface area is 93.5 Å². The van der Waals surface area contributed by atoms with E-state index in [0.717, 1.165) is 13.0 Å². The van der Waals surface area contributed by atoms with Crippen molar-refractivity contribution < 1.29 is 4.39 Å². The maximum Gasteiger partial charge on any atom is 0.148 e. The van der Waals surface area contributed by atoms with Crippen LogP contribution in [0.2, 0.25) is 0 Å². The molecular formula is C12H14FN3. The molecule has 0 aliphatic heterocycles. The Morgan fingerprint density at radius 1 is 1.31 bits per heavy atom. The molecule has 0 saturated carbocycles. The lowest BCUT2D eigenvalue weighted by atomic mass is 10.2. The Morgan fingerprint density at radius 2 is 2.19 bits per heavy atom. The number of rotatable bonds is 4. The Hall–Kier alpha value is -1.97. The monoisotopic (exact) mass is 219 g/mol. The smallest absolute Gasteiger partial charge is 0.148 e. The molecule has 1 aromatic heterocycles. The summed E-state index contributed by atoms with van der Waals surface area (Å²) >= 11 is 0. The van der Waals surface area contributed by atoms with Crippen molar-refractivity contribution in [3.05, 3.63) is 48.0 Å². The summed E-state index contributed by atoms with van der Waals surface area (Å²) in [6.07, 6.45) is 4.70. The van der Waals surface area contributed by atoms with Crippen LogP contribution >= 0.6 is 0 Å². The maximum atomic E-state index is 13.1. The van der Waals surface area contributed by atoms with Crippen LogP contribution in [0, 0.1) is 5.82 Å². The molecule has 0 fully saturated rings. The molecule has 0 spiro atoms. The Morgan fingerprint density at radius 3 is 2.94 bits per heavy atom. The summed E-state index contributed by atoms with van der Waals surface area (Å²) in [7, 11) is 0. The normalized spacial score (nSPS) is 10.3. The molecule has 1 heterocycles. The molecule has 16 heavy (non-hydrogen) atoms. The second kappa shape index (κ2) is 4.70. The van der Waals surface area contributed by atoms with Gasteiger partial charge >= 0.3 is 0 Å². The molecule has 3 nitrogen and oxygen atoms in total. The first-order chi connectivity index (χ1) is 7.77. The number of H-pyrrole nitrogens is 1. The van der Waals surface area contributed by atoms with E-state index in [2.05, 4.69) is 10.3 Å². The van der Waals surface area contributed by atoms with Crippen LogP contribution in [-0.4, -0.2) is 11.5 Å². The number of para-hydroxylation sites is 1. The van der Waals surface area contributed by atoms with Crippen molar-refractivity contribution in [2.45, 2.75) is 6.42 Å². The summed E-state index contributed by atoms with van der Waals surface area (Å²) < 4.78 is 13.1. The minimum absolute atomic E-state index is 0.177. The average Bonchev–Trinajstić information content (AvgIpc) is 2.77. The van der Waals surface area contributed by atoms with Gasteiger partial charge in [-0.3, -0.25) is 0 Å². The second-order valence-corrected chi connectivity index (χ2v) is 3.60. The standard InChI is InChI=1S/C12H14FN3/c13-10-2-1-3-11(12(10)14)16-7-5-9-4-6-15-8-9/h1-4,6,8,15-16H,5,7,14H2. The van der Waals surface area contributed by atoms with E-state index in [9.17, 15) is 4.39 Å². The first-order valence-electron chi connectivity index (χ1n) is 5.17. The molecule has 4 heteroatoms. The highest BCUT2D eigenvalue weighted by atomic mass is 19.1. The summed E-state index contributed by atoms with van der Waals surface area (Å²) in [6.45, 7) is 0.728. The molecule has 0 unspecified atom stereocenters. The summed E-state index contributed by atoms with van der Waals surface area (Å²) in [4.78, 5) is 2.99. The van der Waals surface area contributed by atoms with E-state index in [4.69, 9.17) is 5.73 Å². The minimum atomic E-state index is -0.383. The molecule has 0 aliphatic rings. The van der Waals surface area contributed by atoms with Crippen molar-refractivity contribution in [2.24, 2.45) is 0 Å².